The predicted molar refractivity (Wildman–Crippen MR) is 81.1 cm³/mol. The third-order valence-corrected chi connectivity index (χ3v) is 4.58. The van der Waals surface area contributed by atoms with E-state index in [9.17, 15) is 9.59 Å². The lowest BCUT2D eigenvalue weighted by Gasteiger charge is -2.50. The van der Waals surface area contributed by atoms with E-state index in [0.717, 1.165) is 6.42 Å². The summed E-state index contributed by atoms with van der Waals surface area (Å²) in [4.78, 5) is 30.1. The van der Waals surface area contributed by atoms with Crippen LogP contribution in [-0.2, 0) is 19.2 Å². The Labute approximate surface area is 131 Å². The molecule has 22 heavy (non-hydrogen) atoms. The molecular weight excluding hydrogens is 284 g/mol. The number of methoxy groups -OCH3 is 1. The number of piperidine rings is 1. The van der Waals surface area contributed by atoms with Crippen LogP contribution in [0.15, 0.2) is 5.70 Å². The van der Waals surface area contributed by atoms with Crippen molar-refractivity contribution in [2.75, 3.05) is 13.7 Å². The first-order valence-electron chi connectivity index (χ1n) is 7.81. The Bertz CT molecular complexity index is 493. The summed E-state index contributed by atoms with van der Waals surface area (Å²) in [6.45, 7) is 6.27. The Balaban J connectivity index is 2.42. The number of hydroxylamine groups is 2. The number of carbonyl (C=O) groups excluding carboxylic acids is 2. The highest BCUT2D eigenvalue weighted by molar-refractivity contribution is 5.84. The van der Waals surface area contributed by atoms with Gasteiger partial charge < -0.3 is 10.5 Å². The summed E-state index contributed by atoms with van der Waals surface area (Å²) in [5, 5.41) is 1.54. The first-order chi connectivity index (χ1) is 10.2. The molecule has 124 valence electrons. The Morgan fingerprint density at radius 3 is 2.64 bits per heavy atom. The predicted octanol–water partition coefficient (Wildman–Crippen LogP) is 1.42. The monoisotopic (exact) mass is 310 g/mol. The van der Waals surface area contributed by atoms with Crippen molar-refractivity contribution in [3.63, 3.8) is 0 Å². The molecule has 1 aliphatic heterocycles. The molecule has 1 saturated carbocycles. The van der Waals surface area contributed by atoms with Crippen molar-refractivity contribution in [3.8, 4) is 0 Å². The van der Waals surface area contributed by atoms with Gasteiger partial charge in [-0.25, -0.2) is 9.86 Å². The topological polar surface area (TPSA) is 81.9 Å². The summed E-state index contributed by atoms with van der Waals surface area (Å²) in [5.74, 6) is 1.59. The molecule has 6 heteroatoms. The molecular formula is C16H26N2O4. The van der Waals surface area contributed by atoms with Gasteiger partial charge in [-0.2, -0.15) is 0 Å². The largest absolute Gasteiger partial charge is 0.468 e. The molecule has 1 heterocycles. The molecule has 0 aromatic rings. The molecule has 0 bridgehead atoms. The average Bonchev–Trinajstić information content (AvgIpc) is 2.44. The molecule has 0 spiro atoms. The number of ether oxygens (including phenoxy) is 1. The van der Waals surface area contributed by atoms with Crippen molar-refractivity contribution < 1.29 is 19.2 Å². The zero-order valence-corrected chi connectivity index (χ0v) is 13.8. The highest BCUT2D eigenvalue weighted by Crippen LogP contribution is 2.52. The number of fused-ring (bicyclic) bond motifs is 1. The summed E-state index contributed by atoms with van der Waals surface area (Å²) in [6, 6.07) is 0.0609. The van der Waals surface area contributed by atoms with Crippen molar-refractivity contribution in [3.05, 3.63) is 5.70 Å². The van der Waals surface area contributed by atoms with E-state index in [-0.39, 0.29) is 23.6 Å². The SMILES string of the molecule is COC(=O)[C@]12CC[C@H](N)C[C@@H]1CCN(OC(C)(C)C)C2=C=O. The van der Waals surface area contributed by atoms with Gasteiger partial charge in [-0.1, -0.05) is 0 Å². The second-order valence-corrected chi connectivity index (χ2v) is 7.24. The third kappa shape index (κ3) is 2.91. The maximum atomic E-state index is 12.6. The van der Waals surface area contributed by atoms with Gasteiger partial charge in [-0.3, -0.25) is 9.63 Å². The van der Waals surface area contributed by atoms with Crippen molar-refractivity contribution in [1.29, 1.82) is 0 Å². The van der Waals surface area contributed by atoms with Crippen molar-refractivity contribution in [2.45, 2.75) is 58.1 Å². The van der Waals surface area contributed by atoms with Crippen molar-refractivity contribution in [1.82, 2.24) is 5.06 Å². The normalized spacial score (nSPS) is 32.2. The Morgan fingerprint density at radius 1 is 1.41 bits per heavy atom. The lowest BCUT2D eigenvalue weighted by molar-refractivity contribution is -0.235. The lowest BCUT2D eigenvalue weighted by Crippen LogP contribution is -2.56. The Kier molecular flexibility index (Phi) is 4.66. The average molecular weight is 310 g/mol. The van der Waals surface area contributed by atoms with E-state index < -0.39 is 11.0 Å². The van der Waals surface area contributed by atoms with E-state index in [2.05, 4.69) is 0 Å². The number of rotatable bonds is 2. The summed E-state index contributed by atoms with van der Waals surface area (Å²) in [6.07, 6.45) is 2.63. The standard InChI is InChI=1S/C16H26N2O4/c1-15(2,3)22-18-8-6-11-9-12(17)5-7-16(11,13(18)10-19)14(20)21-4/h11-12H,5-9,17H2,1-4H3/t11-,12-,16+/m0/s1. The van der Waals surface area contributed by atoms with Crippen LogP contribution >= 0.6 is 0 Å². The van der Waals surface area contributed by atoms with Gasteiger partial charge in [0.25, 0.3) is 0 Å². The molecule has 0 radical (unpaired) electrons. The van der Waals surface area contributed by atoms with E-state index in [0.29, 0.717) is 25.8 Å². The molecule has 2 rings (SSSR count). The third-order valence-electron chi connectivity index (χ3n) is 4.58. The van der Waals surface area contributed by atoms with Crippen LogP contribution in [0.4, 0.5) is 0 Å². The van der Waals surface area contributed by atoms with Gasteiger partial charge in [-0.05, 0) is 52.4 Å². The molecule has 2 N–H and O–H groups in total. The molecule has 1 saturated heterocycles. The zero-order chi connectivity index (χ0) is 16.5. The summed E-state index contributed by atoms with van der Waals surface area (Å²) >= 11 is 0. The van der Waals surface area contributed by atoms with Crippen LogP contribution < -0.4 is 5.73 Å². The van der Waals surface area contributed by atoms with E-state index >= 15 is 0 Å². The van der Waals surface area contributed by atoms with Crippen LogP contribution in [0.25, 0.3) is 0 Å². The number of nitrogens with two attached hydrogens (primary N) is 1. The quantitative estimate of drug-likeness (QED) is 0.614. The van der Waals surface area contributed by atoms with Crippen LogP contribution in [-0.4, -0.2) is 42.3 Å². The number of nitrogens with zero attached hydrogens (tertiary/aromatic N) is 1. The fourth-order valence-corrected chi connectivity index (χ4v) is 3.70. The van der Waals surface area contributed by atoms with Gasteiger partial charge in [-0.15, -0.1) is 0 Å². The van der Waals surface area contributed by atoms with Gasteiger partial charge in [0, 0.05) is 12.6 Å². The molecule has 2 fully saturated rings. The first kappa shape index (κ1) is 17.0. The highest BCUT2D eigenvalue weighted by atomic mass is 16.7. The van der Waals surface area contributed by atoms with Crippen molar-refractivity contribution in [2.24, 2.45) is 17.1 Å². The number of hydrogen-bond acceptors (Lipinski definition) is 6. The van der Waals surface area contributed by atoms with Gasteiger partial charge in [0.05, 0.1) is 12.7 Å². The summed E-state index contributed by atoms with van der Waals surface area (Å²) in [5.41, 5.74) is 4.88. The van der Waals surface area contributed by atoms with Crippen LogP contribution in [0.3, 0.4) is 0 Å². The molecule has 3 atom stereocenters. The number of carbonyl (C=O) groups is 1. The van der Waals surface area contributed by atoms with Crippen LogP contribution in [0, 0.1) is 11.3 Å². The van der Waals surface area contributed by atoms with Crippen LogP contribution in [0.1, 0.15) is 46.5 Å². The molecule has 0 amide bonds. The van der Waals surface area contributed by atoms with Gasteiger partial charge >= 0.3 is 5.97 Å². The maximum Gasteiger partial charge on any atom is 0.318 e. The van der Waals surface area contributed by atoms with Gasteiger partial charge in [0.2, 0.25) is 0 Å². The van der Waals surface area contributed by atoms with Crippen LogP contribution in [0.2, 0.25) is 0 Å². The lowest BCUT2D eigenvalue weighted by atomic mass is 9.60. The van der Waals surface area contributed by atoms with E-state index in [4.69, 9.17) is 15.3 Å². The van der Waals surface area contributed by atoms with Crippen LogP contribution in [0.5, 0.6) is 0 Å². The fourth-order valence-electron chi connectivity index (χ4n) is 3.70. The minimum atomic E-state index is -0.976. The summed E-state index contributed by atoms with van der Waals surface area (Å²) < 4.78 is 5.03. The second kappa shape index (κ2) is 6.03. The fraction of sp³-hybridized carbons (Fsp3) is 0.812. The number of hydrogen-bond donors (Lipinski definition) is 1. The second-order valence-electron chi connectivity index (χ2n) is 7.24. The molecule has 0 unspecified atom stereocenters. The Morgan fingerprint density at radius 2 is 2.09 bits per heavy atom. The molecule has 0 aromatic heterocycles. The van der Waals surface area contributed by atoms with Crippen molar-refractivity contribution >= 4 is 11.9 Å². The minimum absolute atomic E-state index is 0.0000293. The Hall–Kier alpha value is -1.36. The van der Waals surface area contributed by atoms with Gasteiger partial charge in [0.1, 0.15) is 17.1 Å². The van der Waals surface area contributed by atoms with E-state index in [1.54, 1.807) is 0 Å². The minimum Gasteiger partial charge on any atom is -0.468 e. The molecule has 0 aromatic carbocycles. The molecule has 2 aliphatic rings. The molecule has 6 nitrogen and oxygen atoms in total. The summed E-state index contributed by atoms with van der Waals surface area (Å²) in [7, 11) is 1.36. The van der Waals surface area contributed by atoms with E-state index in [1.807, 2.05) is 26.7 Å². The van der Waals surface area contributed by atoms with E-state index in [1.165, 1.54) is 12.2 Å². The smallest absolute Gasteiger partial charge is 0.318 e. The van der Waals surface area contributed by atoms with Gasteiger partial charge in [0.15, 0.2) is 0 Å². The molecule has 1 aliphatic carbocycles. The zero-order valence-electron chi connectivity index (χ0n) is 13.8. The maximum absolute atomic E-state index is 12.6. The highest BCUT2D eigenvalue weighted by Gasteiger charge is 2.57. The first-order valence-corrected chi connectivity index (χ1v) is 7.81. The number of esters is 1.